The van der Waals surface area contributed by atoms with Crippen molar-refractivity contribution in [1.82, 2.24) is 19.7 Å². The average Bonchev–Trinajstić information content (AvgIpc) is 3.32. The molecule has 28 heavy (non-hydrogen) atoms. The zero-order valence-electron chi connectivity index (χ0n) is 15.9. The number of carbonyl (C=O) groups excluding carboxylic acids is 1. The molecule has 0 bridgehead atoms. The van der Waals surface area contributed by atoms with Crippen molar-refractivity contribution in [3.63, 3.8) is 0 Å². The average molecular weight is 383 g/mol. The summed E-state index contributed by atoms with van der Waals surface area (Å²) in [6.45, 7) is 4.01. The van der Waals surface area contributed by atoms with Crippen LogP contribution < -0.4 is 4.90 Å². The van der Waals surface area contributed by atoms with Gasteiger partial charge in [-0.25, -0.2) is 4.98 Å². The van der Waals surface area contributed by atoms with Crippen LogP contribution in [0.3, 0.4) is 0 Å². The fourth-order valence-electron chi connectivity index (χ4n) is 3.88. The Balaban J connectivity index is 1.45. The minimum Gasteiger partial charge on any atom is -0.481 e. The summed E-state index contributed by atoms with van der Waals surface area (Å²) in [6.07, 6.45) is 5.30. The van der Waals surface area contributed by atoms with E-state index in [0.717, 1.165) is 62.6 Å². The number of likely N-dealkylation sites (tertiary alicyclic amines) is 1. The van der Waals surface area contributed by atoms with Crippen molar-refractivity contribution in [1.29, 1.82) is 0 Å². The Labute approximate surface area is 163 Å². The Morgan fingerprint density at radius 3 is 2.61 bits per heavy atom. The Morgan fingerprint density at radius 2 is 1.89 bits per heavy atom. The third-order valence-corrected chi connectivity index (χ3v) is 5.37. The second-order valence-electron chi connectivity index (χ2n) is 7.42. The van der Waals surface area contributed by atoms with E-state index in [0.29, 0.717) is 18.5 Å². The van der Waals surface area contributed by atoms with Gasteiger partial charge < -0.3 is 14.9 Å². The smallest absolute Gasteiger partial charge is 0.303 e. The maximum absolute atomic E-state index is 12.5. The molecule has 0 saturated carbocycles. The van der Waals surface area contributed by atoms with E-state index in [1.54, 1.807) is 6.20 Å². The van der Waals surface area contributed by atoms with Gasteiger partial charge in [-0.1, -0.05) is 0 Å². The molecule has 0 aliphatic carbocycles. The van der Waals surface area contributed by atoms with Crippen molar-refractivity contribution in [2.45, 2.75) is 45.2 Å². The molecule has 0 radical (unpaired) electrons. The quantitative estimate of drug-likeness (QED) is 0.848. The minimum absolute atomic E-state index is 0.0635. The van der Waals surface area contributed by atoms with Gasteiger partial charge in [-0.05, 0) is 37.5 Å². The minimum atomic E-state index is -0.808. The molecule has 4 rings (SSSR count). The van der Waals surface area contributed by atoms with E-state index in [1.165, 1.54) is 0 Å². The van der Waals surface area contributed by atoms with Crippen molar-refractivity contribution < 1.29 is 14.7 Å². The molecule has 0 unspecified atom stereocenters. The highest BCUT2D eigenvalue weighted by Crippen LogP contribution is 2.21. The van der Waals surface area contributed by atoms with Gasteiger partial charge in [-0.3, -0.25) is 14.3 Å². The zero-order chi connectivity index (χ0) is 19.5. The van der Waals surface area contributed by atoms with Crippen LogP contribution >= 0.6 is 0 Å². The van der Waals surface area contributed by atoms with E-state index < -0.39 is 5.97 Å². The molecule has 0 aromatic carbocycles. The number of anilines is 1. The van der Waals surface area contributed by atoms with Crippen LogP contribution in [0.4, 0.5) is 5.82 Å². The van der Waals surface area contributed by atoms with Crippen LogP contribution in [0, 0.1) is 0 Å². The topological polar surface area (TPSA) is 91.6 Å². The van der Waals surface area contributed by atoms with Gasteiger partial charge in [0.2, 0.25) is 0 Å². The molecule has 1 saturated heterocycles. The highest BCUT2D eigenvalue weighted by atomic mass is 16.4. The van der Waals surface area contributed by atoms with Crippen LogP contribution in [0.15, 0.2) is 24.4 Å². The Morgan fingerprint density at radius 1 is 1.07 bits per heavy atom. The SMILES string of the molecule is O=C(O)CCc1cc2n(n1)CCCN(c1ccc(C(=O)N3CCCC3)cn1)C2. The number of amides is 1. The summed E-state index contributed by atoms with van der Waals surface area (Å²) in [5.74, 6) is 0.103. The summed E-state index contributed by atoms with van der Waals surface area (Å²) in [5.41, 5.74) is 2.53. The number of aliphatic carboxylic acids is 1. The van der Waals surface area contributed by atoms with E-state index in [-0.39, 0.29) is 12.3 Å². The lowest BCUT2D eigenvalue weighted by atomic mass is 10.2. The monoisotopic (exact) mass is 383 g/mol. The van der Waals surface area contributed by atoms with E-state index in [9.17, 15) is 9.59 Å². The Hall–Kier alpha value is -2.90. The number of aromatic nitrogens is 3. The largest absolute Gasteiger partial charge is 0.481 e. The number of hydrogen-bond donors (Lipinski definition) is 1. The zero-order valence-corrected chi connectivity index (χ0v) is 15.9. The molecule has 1 amide bonds. The number of nitrogens with zero attached hydrogens (tertiary/aromatic N) is 5. The third kappa shape index (κ3) is 4.00. The van der Waals surface area contributed by atoms with Crippen molar-refractivity contribution in [3.8, 4) is 0 Å². The summed E-state index contributed by atoms with van der Waals surface area (Å²) < 4.78 is 1.97. The predicted molar refractivity (Wildman–Crippen MR) is 103 cm³/mol. The first-order valence-corrected chi connectivity index (χ1v) is 9.88. The molecule has 2 aliphatic heterocycles. The highest BCUT2D eigenvalue weighted by molar-refractivity contribution is 5.94. The third-order valence-electron chi connectivity index (χ3n) is 5.37. The van der Waals surface area contributed by atoms with Gasteiger partial charge in [-0.15, -0.1) is 0 Å². The van der Waals surface area contributed by atoms with Crippen molar-refractivity contribution >= 4 is 17.7 Å². The van der Waals surface area contributed by atoms with Gasteiger partial charge >= 0.3 is 5.97 Å². The number of carboxylic acid groups (broad SMARTS) is 1. The Kier molecular flexibility index (Phi) is 5.27. The van der Waals surface area contributed by atoms with Crippen LogP contribution in [0.25, 0.3) is 0 Å². The molecule has 8 heteroatoms. The summed E-state index contributed by atoms with van der Waals surface area (Å²) in [6, 6.07) is 5.77. The molecule has 1 N–H and O–H groups in total. The van der Waals surface area contributed by atoms with Crippen molar-refractivity contribution in [2.75, 3.05) is 24.5 Å². The molecular formula is C20H25N5O3. The van der Waals surface area contributed by atoms with Gasteiger partial charge in [0, 0.05) is 38.8 Å². The molecule has 148 valence electrons. The first kappa shape index (κ1) is 18.5. The van der Waals surface area contributed by atoms with Gasteiger partial charge in [0.15, 0.2) is 0 Å². The number of rotatable bonds is 5. The summed E-state index contributed by atoms with van der Waals surface area (Å²) in [7, 11) is 0. The number of carbonyl (C=O) groups is 2. The van der Waals surface area contributed by atoms with E-state index in [1.807, 2.05) is 27.8 Å². The normalized spacial score (nSPS) is 16.7. The second-order valence-corrected chi connectivity index (χ2v) is 7.42. The van der Waals surface area contributed by atoms with Crippen LogP contribution in [0.1, 0.15) is 47.4 Å². The molecule has 2 aliphatic rings. The first-order valence-electron chi connectivity index (χ1n) is 9.88. The summed E-state index contributed by atoms with van der Waals surface area (Å²) in [4.78, 5) is 31.9. The van der Waals surface area contributed by atoms with Gasteiger partial charge in [-0.2, -0.15) is 5.10 Å². The number of aryl methyl sites for hydroxylation is 2. The maximum atomic E-state index is 12.5. The van der Waals surface area contributed by atoms with Crippen LogP contribution in [0.5, 0.6) is 0 Å². The lowest BCUT2D eigenvalue weighted by Crippen LogP contribution is -2.28. The van der Waals surface area contributed by atoms with Crippen molar-refractivity contribution in [3.05, 3.63) is 41.3 Å². The number of hydrogen-bond acceptors (Lipinski definition) is 5. The molecule has 2 aromatic rings. The Bertz CT molecular complexity index is 855. The lowest BCUT2D eigenvalue weighted by Gasteiger charge is -2.21. The number of carboxylic acids is 1. The van der Waals surface area contributed by atoms with Gasteiger partial charge in [0.05, 0.1) is 29.9 Å². The molecule has 0 spiro atoms. The summed E-state index contributed by atoms with van der Waals surface area (Å²) >= 11 is 0. The van der Waals surface area contributed by atoms with Gasteiger partial charge in [0.1, 0.15) is 5.82 Å². The fourth-order valence-corrected chi connectivity index (χ4v) is 3.88. The predicted octanol–water partition coefficient (Wildman–Crippen LogP) is 1.94. The number of pyridine rings is 1. The lowest BCUT2D eigenvalue weighted by molar-refractivity contribution is -0.136. The second kappa shape index (κ2) is 8.00. The first-order chi connectivity index (χ1) is 13.6. The number of fused-ring (bicyclic) bond motifs is 1. The molecule has 2 aromatic heterocycles. The fraction of sp³-hybridized carbons (Fsp3) is 0.500. The van der Waals surface area contributed by atoms with Crippen LogP contribution in [-0.2, 0) is 24.3 Å². The summed E-state index contributed by atoms with van der Waals surface area (Å²) in [5, 5.41) is 13.4. The molecule has 4 heterocycles. The molecule has 0 atom stereocenters. The van der Waals surface area contributed by atoms with E-state index >= 15 is 0 Å². The molecular weight excluding hydrogens is 358 g/mol. The van der Waals surface area contributed by atoms with Gasteiger partial charge in [0.25, 0.3) is 5.91 Å². The van der Waals surface area contributed by atoms with Crippen LogP contribution in [0.2, 0.25) is 0 Å². The van der Waals surface area contributed by atoms with E-state index in [4.69, 9.17) is 5.11 Å². The standard InChI is InChI=1S/C20H25N5O3/c26-19(27)7-5-16-12-17-14-24(10-3-11-25(17)22-16)18-6-4-15(13-21-18)20(28)23-8-1-2-9-23/h4,6,12-13H,1-3,5,7-11,14H2,(H,26,27). The molecule has 8 nitrogen and oxygen atoms in total. The molecule has 1 fully saturated rings. The maximum Gasteiger partial charge on any atom is 0.303 e. The highest BCUT2D eigenvalue weighted by Gasteiger charge is 2.21. The van der Waals surface area contributed by atoms with Crippen molar-refractivity contribution in [2.24, 2.45) is 0 Å². The van der Waals surface area contributed by atoms with Crippen LogP contribution in [-0.4, -0.2) is 56.3 Å². The van der Waals surface area contributed by atoms with E-state index in [2.05, 4.69) is 15.0 Å².